The summed E-state index contributed by atoms with van der Waals surface area (Å²) in [6.07, 6.45) is 3.37. The summed E-state index contributed by atoms with van der Waals surface area (Å²) in [5.41, 5.74) is -1.29. The highest BCUT2D eigenvalue weighted by atomic mass is 19.1. The van der Waals surface area contributed by atoms with Gasteiger partial charge in [-0.25, -0.2) is 4.39 Å². The van der Waals surface area contributed by atoms with Crippen LogP contribution in [0.3, 0.4) is 0 Å². The lowest BCUT2D eigenvalue weighted by Gasteiger charge is -2.35. The van der Waals surface area contributed by atoms with Gasteiger partial charge in [-0.15, -0.1) is 0 Å². The highest BCUT2D eigenvalue weighted by molar-refractivity contribution is 4.85. The SMILES string of the molecule is CCCCN1CCC(F)(CO)CC1. The molecule has 1 N–H and O–H groups in total. The molecule has 1 aliphatic rings. The van der Waals surface area contributed by atoms with E-state index >= 15 is 0 Å². The maximum atomic E-state index is 13.5. The number of alkyl halides is 1. The molecule has 2 nitrogen and oxygen atoms in total. The Kier molecular flexibility index (Phi) is 4.13. The van der Waals surface area contributed by atoms with Gasteiger partial charge in [0.1, 0.15) is 5.67 Å². The number of halogens is 1. The topological polar surface area (TPSA) is 23.5 Å². The molecule has 0 atom stereocenters. The predicted molar refractivity (Wildman–Crippen MR) is 51.5 cm³/mol. The molecular weight excluding hydrogens is 169 g/mol. The smallest absolute Gasteiger partial charge is 0.136 e. The minimum absolute atomic E-state index is 0.311. The predicted octanol–water partition coefficient (Wildman–Crippen LogP) is 1.58. The van der Waals surface area contributed by atoms with Crippen LogP contribution in [-0.4, -0.2) is 41.9 Å². The minimum Gasteiger partial charge on any atom is -0.393 e. The first-order valence-electron chi connectivity index (χ1n) is 5.22. The summed E-state index contributed by atoms with van der Waals surface area (Å²) in [4.78, 5) is 2.29. The van der Waals surface area contributed by atoms with Crippen molar-refractivity contribution in [3.63, 3.8) is 0 Å². The lowest BCUT2D eigenvalue weighted by molar-refractivity contribution is 0.00858. The number of hydrogen-bond acceptors (Lipinski definition) is 2. The molecule has 0 aromatic carbocycles. The molecule has 0 unspecified atom stereocenters. The van der Waals surface area contributed by atoms with Crippen LogP contribution in [0.25, 0.3) is 0 Å². The van der Waals surface area contributed by atoms with E-state index in [9.17, 15) is 4.39 Å². The van der Waals surface area contributed by atoms with Crippen molar-refractivity contribution in [2.24, 2.45) is 0 Å². The van der Waals surface area contributed by atoms with Gasteiger partial charge in [0, 0.05) is 13.1 Å². The summed E-state index contributed by atoms with van der Waals surface area (Å²) in [5, 5.41) is 8.82. The van der Waals surface area contributed by atoms with E-state index in [2.05, 4.69) is 11.8 Å². The molecule has 0 aromatic heterocycles. The van der Waals surface area contributed by atoms with Crippen molar-refractivity contribution in [2.45, 2.75) is 38.3 Å². The zero-order chi connectivity index (χ0) is 9.73. The standard InChI is InChI=1S/C10H20FNO/c1-2-3-6-12-7-4-10(11,9-13)5-8-12/h13H,2-9H2,1H3. The van der Waals surface area contributed by atoms with E-state index in [1.165, 1.54) is 12.8 Å². The third-order valence-corrected chi connectivity index (χ3v) is 2.86. The molecule has 0 aromatic rings. The molecule has 1 aliphatic heterocycles. The Hall–Kier alpha value is -0.150. The molecule has 0 bridgehead atoms. The van der Waals surface area contributed by atoms with Crippen LogP contribution < -0.4 is 0 Å². The van der Waals surface area contributed by atoms with Gasteiger partial charge in [-0.1, -0.05) is 13.3 Å². The van der Waals surface area contributed by atoms with Gasteiger partial charge >= 0.3 is 0 Å². The van der Waals surface area contributed by atoms with E-state index in [1.54, 1.807) is 0 Å². The molecule has 1 fully saturated rings. The van der Waals surface area contributed by atoms with Crippen LogP contribution in [0, 0.1) is 0 Å². The fraction of sp³-hybridized carbons (Fsp3) is 1.00. The molecule has 1 saturated heterocycles. The summed E-state index contributed by atoms with van der Waals surface area (Å²) in [6.45, 7) is 4.54. The van der Waals surface area contributed by atoms with Crippen molar-refractivity contribution < 1.29 is 9.50 Å². The van der Waals surface area contributed by atoms with Gasteiger partial charge in [0.05, 0.1) is 6.61 Å². The Morgan fingerprint density at radius 3 is 2.46 bits per heavy atom. The van der Waals surface area contributed by atoms with Crippen LogP contribution >= 0.6 is 0 Å². The van der Waals surface area contributed by atoms with Crippen LogP contribution in [0.4, 0.5) is 4.39 Å². The number of aliphatic hydroxyl groups is 1. The second-order valence-corrected chi connectivity index (χ2v) is 4.00. The summed E-state index contributed by atoms with van der Waals surface area (Å²) >= 11 is 0. The Morgan fingerprint density at radius 2 is 2.00 bits per heavy atom. The number of rotatable bonds is 4. The zero-order valence-corrected chi connectivity index (χ0v) is 8.43. The number of piperidine rings is 1. The van der Waals surface area contributed by atoms with E-state index in [-0.39, 0.29) is 6.61 Å². The Morgan fingerprint density at radius 1 is 1.38 bits per heavy atom. The van der Waals surface area contributed by atoms with Gasteiger partial charge < -0.3 is 10.0 Å². The highest BCUT2D eigenvalue weighted by Gasteiger charge is 2.33. The molecule has 13 heavy (non-hydrogen) atoms. The van der Waals surface area contributed by atoms with Crippen molar-refractivity contribution in [1.82, 2.24) is 4.90 Å². The molecule has 0 radical (unpaired) electrons. The molecular formula is C10H20FNO. The number of unbranched alkanes of at least 4 members (excludes halogenated alkanes) is 1. The molecule has 0 amide bonds. The van der Waals surface area contributed by atoms with E-state index in [0.29, 0.717) is 12.8 Å². The Bertz CT molecular complexity index is 144. The molecule has 0 saturated carbocycles. The number of aliphatic hydroxyl groups excluding tert-OH is 1. The second kappa shape index (κ2) is 4.91. The van der Waals surface area contributed by atoms with Gasteiger partial charge in [-0.05, 0) is 25.8 Å². The van der Waals surface area contributed by atoms with Crippen molar-refractivity contribution in [3.8, 4) is 0 Å². The number of likely N-dealkylation sites (tertiary alicyclic amines) is 1. The van der Waals surface area contributed by atoms with Crippen LogP contribution in [-0.2, 0) is 0 Å². The van der Waals surface area contributed by atoms with Crippen molar-refractivity contribution >= 4 is 0 Å². The molecule has 1 heterocycles. The first kappa shape index (κ1) is 10.9. The average Bonchev–Trinajstić information content (AvgIpc) is 2.17. The third-order valence-electron chi connectivity index (χ3n) is 2.86. The third kappa shape index (κ3) is 3.24. The van der Waals surface area contributed by atoms with Crippen molar-refractivity contribution in [2.75, 3.05) is 26.2 Å². The van der Waals surface area contributed by atoms with Crippen LogP contribution in [0.1, 0.15) is 32.6 Å². The van der Waals surface area contributed by atoms with E-state index < -0.39 is 5.67 Å². The monoisotopic (exact) mass is 189 g/mol. The summed E-state index contributed by atoms with van der Waals surface area (Å²) < 4.78 is 13.5. The molecule has 3 heteroatoms. The summed E-state index contributed by atoms with van der Waals surface area (Å²) in [6, 6.07) is 0. The lowest BCUT2D eigenvalue weighted by atomic mass is 9.94. The van der Waals surface area contributed by atoms with Crippen molar-refractivity contribution in [3.05, 3.63) is 0 Å². The van der Waals surface area contributed by atoms with E-state index in [4.69, 9.17) is 5.11 Å². The van der Waals surface area contributed by atoms with E-state index in [0.717, 1.165) is 19.6 Å². The molecule has 1 rings (SSSR count). The first-order valence-corrected chi connectivity index (χ1v) is 5.22. The van der Waals surface area contributed by atoms with Crippen molar-refractivity contribution in [1.29, 1.82) is 0 Å². The van der Waals surface area contributed by atoms with Crippen LogP contribution in [0.5, 0.6) is 0 Å². The maximum Gasteiger partial charge on any atom is 0.136 e. The fourth-order valence-corrected chi connectivity index (χ4v) is 1.72. The first-order chi connectivity index (χ1) is 6.20. The normalized spacial score (nSPS) is 23.3. The van der Waals surface area contributed by atoms with Crippen LogP contribution in [0.15, 0.2) is 0 Å². The number of nitrogens with zero attached hydrogens (tertiary/aromatic N) is 1. The quantitative estimate of drug-likeness (QED) is 0.726. The van der Waals surface area contributed by atoms with Gasteiger partial charge in [0.25, 0.3) is 0 Å². The minimum atomic E-state index is -1.29. The largest absolute Gasteiger partial charge is 0.393 e. The zero-order valence-electron chi connectivity index (χ0n) is 8.43. The molecule has 78 valence electrons. The molecule has 0 aliphatic carbocycles. The van der Waals surface area contributed by atoms with Crippen LogP contribution in [0.2, 0.25) is 0 Å². The maximum absolute atomic E-state index is 13.5. The summed E-state index contributed by atoms with van der Waals surface area (Å²) in [7, 11) is 0. The number of hydrogen-bond donors (Lipinski definition) is 1. The van der Waals surface area contributed by atoms with E-state index in [1.807, 2.05) is 0 Å². The second-order valence-electron chi connectivity index (χ2n) is 4.00. The Labute approximate surface area is 79.7 Å². The fourth-order valence-electron chi connectivity index (χ4n) is 1.72. The summed E-state index contributed by atoms with van der Waals surface area (Å²) in [5.74, 6) is 0. The lowest BCUT2D eigenvalue weighted by Crippen LogP contribution is -2.44. The van der Waals surface area contributed by atoms with Gasteiger partial charge in [0.2, 0.25) is 0 Å². The van der Waals surface area contributed by atoms with Gasteiger partial charge in [-0.2, -0.15) is 0 Å². The Balaban J connectivity index is 2.22. The molecule has 0 spiro atoms. The average molecular weight is 189 g/mol. The van der Waals surface area contributed by atoms with Gasteiger partial charge in [0.15, 0.2) is 0 Å². The highest BCUT2D eigenvalue weighted by Crippen LogP contribution is 2.25. The van der Waals surface area contributed by atoms with Gasteiger partial charge in [-0.3, -0.25) is 0 Å².